The van der Waals surface area contributed by atoms with E-state index < -0.39 is 30.4 Å². The van der Waals surface area contributed by atoms with Crippen molar-refractivity contribution in [3.63, 3.8) is 0 Å². The Morgan fingerprint density at radius 3 is 1.75 bits per heavy atom. The number of hydrogen-bond acceptors (Lipinski definition) is 8. The van der Waals surface area contributed by atoms with Crippen molar-refractivity contribution in [3.05, 3.63) is 154 Å². The van der Waals surface area contributed by atoms with Crippen LogP contribution in [0.3, 0.4) is 0 Å². The molecule has 51 heavy (non-hydrogen) atoms. The highest BCUT2D eigenvalue weighted by atomic mass is 32.2. The zero-order valence-electron chi connectivity index (χ0n) is 27.6. The van der Waals surface area contributed by atoms with E-state index in [2.05, 4.69) is 4.90 Å². The first-order valence-corrected chi connectivity index (χ1v) is 20.0. The lowest BCUT2D eigenvalue weighted by Gasteiger charge is -2.24. The molecule has 5 aromatic rings. The van der Waals surface area contributed by atoms with Gasteiger partial charge in [0.05, 0.1) is 9.79 Å². The van der Waals surface area contributed by atoms with Crippen LogP contribution in [0.15, 0.2) is 130 Å². The fraction of sp³-hybridized carbons (Fsp3) is 0.135. The third-order valence-corrected chi connectivity index (χ3v) is 11.1. The van der Waals surface area contributed by atoms with E-state index in [1.54, 1.807) is 54.6 Å². The second-order valence-electron chi connectivity index (χ2n) is 11.7. The minimum absolute atomic E-state index is 0.194. The molecule has 0 saturated carbocycles. The molecule has 0 heterocycles. The molecule has 0 fully saturated rings. The van der Waals surface area contributed by atoms with Crippen LogP contribution in [0.5, 0.6) is 0 Å². The summed E-state index contributed by atoms with van der Waals surface area (Å²) in [5.74, 6) is 0. The van der Waals surface area contributed by atoms with Crippen LogP contribution in [0.2, 0.25) is 0 Å². The summed E-state index contributed by atoms with van der Waals surface area (Å²) < 4.78 is 100. The van der Waals surface area contributed by atoms with Crippen molar-refractivity contribution in [2.45, 2.75) is 41.5 Å². The molecule has 0 saturated heterocycles. The quantitative estimate of drug-likeness (QED) is 0.140. The Bertz CT molecular complexity index is 2530. The molecule has 266 valence electrons. The van der Waals surface area contributed by atoms with Gasteiger partial charge >= 0.3 is 0 Å². The lowest BCUT2D eigenvalue weighted by molar-refractivity contribution is 0.480. The smallest absolute Gasteiger partial charge is 0.295 e. The van der Waals surface area contributed by atoms with Gasteiger partial charge in [-0.3, -0.25) is 13.7 Å². The van der Waals surface area contributed by atoms with Crippen molar-refractivity contribution in [3.8, 4) is 0 Å². The molecular weight excluding hydrogens is 713 g/mol. The number of hydrogen-bond donors (Lipinski definition) is 4. The molecule has 0 aliphatic rings. The SMILES string of the molecule is CCc1cc(S(=O)(=O)O)ccc1C(N)=c1ccc(=C(c2ccc(N(CC)Cc3ccc(S(=O)(=O)O)cc3)cc2)c2ccccc2S(=O)(=O)O)cc1. The summed E-state index contributed by atoms with van der Waals surface area (Å²) in [6, 6.07) is 30.8. The molecule has 0 aromatic heterocycles. The van der Waals surface area contributed by atoms with Gasteiger partial charge in [-0.2, -0.15) is 25.3 Å². The maximum absolute atomic E-state index is 12.5. The molecule has 14 heteroatoms. The molecule has 11 nitrogen and oxygen atoms in total. The van der Waals surface area contributed by atoms with E-state index in [4.69, 9.17) is 5.73 Å². The van der Waals surface area contributed by atoms with Gasteiger partial charge in [-0.15, -0.1) is 0 Å². The standard InChI is InChI=1S/C37H36N2O9S3/c1-3-26-23-32(50(43,44)45)21-22-33(26)37(38)29-13-11-27(12-14-29)36(34-7-5-6-8-35(34)51(46,47)48)28-15-17-30(18-16-28)39(4-2)24-25-9-19-31(20-10-25)49(40,41)42/h5-23H,3-4,24,38H2,1-2H3,(H,40,41,42)(H,43,44,45)(H,46,47,48). The fourth-order valence-electron chi connectivity index (χ4n) is 5.85. The van der Waals surface area contributed by atoms with Crippen molar-refractivity contribution in [1.82, 2.24) is 0 Å². The predicted octanol–water partition coefficient (Wildman–Crippen LogP) is 4.38. The van der Waals surface area contributed by atoms with Crippen molar-refractivity contribution in [2.24, 2.45) is 5.73 Å². The zero-order chi connectivity index (χ0) is 37.1. The summed E-state index contributed by atoms with van der Waals surface area (Å²) in [7, 11) is -13.3. The van der Waals surface area contributed by atoms with Crippen LogP contribution in [0.1, 0.15) is 41.7 Å². The molecule has 0 atom stereocenters. The number of aryl methyl sites for hydroxylation is 1. The lowest BCUT2D eigenvalue weighted by atomic mass is 9.94. The minimum atomic E-state index is -4.61. The number of anilines is 1. The molecule has 0 aliphatic carbocycles. The molecule has 5 N–H and O–H groups in total. The van der Waals surface area contributed by atoms with E-state index in [9.17, 15) is 38.9 Å². The van der Waals surface area contributed by atoms with E-state index >= 15 is 0 Å². The molecule has 0 bridgehead atoms. The maximum atomic E-state index is 12.5. The molecule has 0 aliphatic heterocycles. The van der Waals surface area contributed by atoms with Crippen molar-refractivity contribution >= 4 is 47.3 Å². The van der Waals surface area contributed by atoms with Crippen LogP contribution in [-0.2, 0) is 43.3 Å². The molecule has 0 radical (unpaired) electrons. The molecule has 5 aromatic carbocycles. The van der Waals surface area contributed by atoms with Crippen LogP contribution in [0.25, 0.3) is 11.3 Å². The number of benzene rings is 5. The third-order valence-electron chi connectivity index (χ3n) is 8.46. The second-order valence-corrected chi connectivity index (χ2v) is 15.9. The minimum Gasteiger partial charge on any atom is -0.398 e. The average Bonchev–Trinajstić information content (AvgIpc) is 3.10. The fourth-order valence-corrected chi connectivity index (χ4v) is 7.56. The Morgan fingerprint density at radius 2 is 1.20 bits per heavy atom. The second kappa shape index (κ2) is 14.8. The van der Waals surface area contributed by atoms with E-state index in [0.717, 1.165) is 11.3 Å². The summed E-state index contributed by atoms with van der Waals surface area (Å²) in [4.78, 5) is 1.36. The number of nitrogens with zero attached hydrogens (tertiary/aromatic N) is 1. The van der Waals surface area contributed by atoms with Crippen LogP contribution in [-0.4, -0.2) is 45.5 Å². The Hall–Kier alpha value is -4.83. The van der Waals surface area contributed by atoms with Gasteiger partial charge in [0.2, 0.25) is 0 Å². The van der Waals surface area contributed by atoms with Gasteiger partial charge < -0.3 is 10.6 Å². The highest BCUT2D eigenvalue weighted by Gasteiger charge is 2.20. The Balaban J connectivity index is 1.61. The molecule has 0 spiro atoms. The van der Waals surface area contributed by atoms with Crippen molar-refractivity contribution in [2.75, 3.05) is 11.4 Å². The monoisotopic (exact) mass is 748 g/mol. The first kappa shape index (κ1) is 37.4. The summed E-state index contributed by atoms with van der Waals surface area (Å²) >= 11 is 0. The highest BCUT2D eigenvalue weighted by molar-refractivity contribution is 7.86. The van der Waals surface area contributed by atoms with E-state index in [1.165, 1.54) is 36.4 Å². The van der Waals surface area contributed by atoms with Gasteiger partial charge in [0, 0.05) is 35.6 Å². The molecule has 0 unspecified atom stereocenters. The lowest BCUT2D eigenvalue weighted by Crippen LogP contribution is -2.22. The normalized spacial score (nSPS) is 12.0. The summed E-state index contributed by atoms with van der Waals surface area (Å²) in [6.45, 7) is 4.86. The van der Waals surface area contributed by atoms with E-state index in [0.29, 0.717) is 57.9 Å². The average molecular weight is 749 g/mol. The summed E-state index contributed by atoms with van der Waals surface area (Å²) in [6.07, 6.45) is 0.452. The van der Waals surface area contributed by atoms with E-state index in [-0.39, 0.29) is 20.2 Å². The van der Waals surface area contributed by atoms with Gasteiger partial charge in [-0.1, -0.05) is 79.7 Å². The Morgan fingerprint density at radius 1 is 0.627 bits per heavy atom. The maximum Gasteiger partial charge on any atom is 0.295 e. The number of rotatable bonds is 11. The van der Waals surface area contributed by atoms with Crippen LogP contribution < -0.4 is 21.1 Å². The van der Waals surface area contributed by atoms with Crippen LogP contribution >= 0.6 is 0 Å². The van der Waals surface area contributed by atoms with Gasteiger partial charge in [0.1, 0.15) is 4.90 Å². The topological polar surface area (TPSA) is 192 Å². The summed E-state index contributed by atoms with van der Waals surface area (Å²) in [5, 5.41) is 1.24. The summed E-state index contributed by atoms with van der Waals surface area (Å²) in [5.41, 5.74) is 11.3. The first-order valence-electron chi connectivity index (χ1n) is 15.7. The molecule has 0 amide bonds. The van der Waals surface area contributed by atoms with Crippen LogP contribution in [0.4, 0.5) is 5.69 Å². The Labute approximate surface area is 297 Å². The van der Waals surface area contributed by atoms with Gasteiger partial charge in [-0.05, 0) is 88.5 Å². The molecular formula is C37H36N2O9S3. The predicted molar refractivity (Wildman–Crippen MR) is 195 cm³/mol. The van der Waals surface area contributed by atoms with E-state index in [1.807, 2.05) is 38.1 Å². The van der Waals surface area contributed by atoms with Gasteiger partial charge in [0.25, 0.3) is 30.4 Å². The highest BCUT2D eigenvalue weighted by Crippen LogP contribution is 2.29. The van der Waals surface area contributed by atoms with Crippen molar-refractivity contribution in [1.29, 1.82) is 0 Å². The Kier molecular flexibility index (Phi) is 10.9. The van der Waals surface area contributed by atoms with Crippen molar-refractivity contribution < 1.29 is 38.9 Å². The zero-order valence-corrected chi connectivity index (χ0v) is 30.1. The van der Waals surface area contributed by atoms with Crippen LogP contribution in [0, 0.1) is 0 Å². The number of nitrogens with two attached hydrogens (primary N) is 1. The largest absolute Gasteiger partial charge is 0.398 e. The van der Waals surface area contributed by atoms with Gasteiger partial charge in [-0.25, -0.2) is 0 Å². The molecule has 5 rings (SSSR count). The first-order chi connectivity index (χ1) is 24.0. The third kappa shape index (κ3) is 8.56. The van der Waals surface area contributed by atoms with Gasteiger partial charge in [0.15, 0.2) is 0 Å².